The van der Waals surface area contributed by atoms with Crippen LogP contribution >= 0.6 is 0 Å². The van der Waals surface area contributed by atoms with Crippen LogP contribution in [0.2, 0.25) is 0 Å². The summed E-state index contributed by atoms with van der Waals surface area (Å²) in [5.41, 5.74) is 3.45. The molecule has 0 atom stereocenters. The standard InChI is InChI=1S/C16H22N2O2/c1-11-9-12(2)18(17-11)7-8-20-16(19)10-15(13-3-4-13)14-5-6-14/h9-10,13-14H,3-8H2,1-2H3. The number of carbonyl (C=O) groups is 1. The lowest BCUT2D eigenvalue weighted by Crippen LogP contribution is -2.12. The van der Waals surface area contributed by atoms with Gasteiger partial charge in [-0.2, -0.15) is 5.10 Å². The second kappa shape index (κ2) is 5.43. The zero-order chi connectivity index (χ0) is 14.1. The molecule has 1 aromatic heterocycles. The Morgan fingerprint density at radius 2 is 2.00 bits per heavy atom. The van der Waals surface area contributed by atoms with Gasteiger partial charge in [0.1, 0.15) is 6.61 Å². The quantitative estimate of drug-likeness (QED) is 0.592. The highest BCUT2D eigenvalue weighted by atomic mass is 16.5. The molecule has 0 aliphatic heterocycles. The molecule has 2 saturated carbocycles. The van der Waals surface area contributed by atoms with Gasteiger partial charge in [-0.15, -0.1) is 0 Å². The van der Waals surface area contributed by atoms with E-state index in [2.05, 4.69) is 5.10 Å². The molecule has 0 bridgehead atoms. The van der Waals surface area contributed by atoms with Crippen molar-refractivity contribution in [2.75, 3.05) is 6.61 Å². The van der Waals surface area contributed by atoms with E-state index in [0.717, 1.165) is 11.4 Å². The molecule has 2 aliphatic carbocycles. The zero-order valence-corrected chi connectivity index (χ0v) is 12.3. The fourth-order valence-corrected chi connectivity index (χ4v) is 2.71. The summed E-state index contributed by atoms with van der Waals surface area (Å²) in [6, 6.07) is 2.03. The van der Waals surface area contributed by atoms with Crippen LogP contribution in [0.4, 0.5) is 0 Å². The molecular formula is C16H22N2O2. The molecule has 4 heteroatoms. The smallest absolute Gasteiger partial charge is 0.330 e. The molecular weight excluding hydrogens is 252 g/mol. The van der Waals surface area contributed by atoms with Crippen LogP contribution in [0.5, 0.6) is 0 Å². The summed E-state index contributed by atoms with van der Waals surface area (Å²) in [6.07, 6.45) is 6.77. The van der Waals surface area contributed by atoms with Gasteiger partial charge < -0.3 is 4.74 Å². The number of rotatable bonds is 6. The van der Waals surface area contributed by atoms with Crippen molar-refractivity contribution in [1.82, 2.24) is 9.78 Å². The van der Waals surface area contributed by atoms with E-state index in [1.165, 1.54) is 31.3 Å². The van der Waals surface area contributed by atoms with Crippen LogP contribution in [0.3, 0.4) is 0 Å². The summed E-state index contributed by atoms with van der Waals surface area (Å²) in [5, 5.41) is 4.35. The van der Waals surface area contributed by atoms with Crippen molar-refractivity contribution >= 4 is 5.97 Å². The summed E-state index contributed by atoms with van der Waals surface area (Å²) in [5.74, 6) is 1.16. The molecule has 0 unspecified atom stereocenters. The fraction of sp³-hybridized carbons (Fsp3) is 0.625. The molecule has 0 N–H and O–H groups in total. The van der Waals surface area contributed by atoms with Crippen LogP contribution in [0, 0.1) is 25.7 Å². The molecule has 0 aromatic carbocycles. The highest BCUT2D eigenvalue weighted by molar-refractivity contribution is 5.83. The van der Waals surface area contributed by atoms with E-state index in [9.17, 15) is 4.79 Å². The van der Waals surface area contributed by atoms with Crippen LogP contribution in [0.1, 0.15) is 37.1 Å². The maximum absolute atomic E-state index is 11.9. The Labute approximate surface area is 119 Å². The molecule has 0 amide bonds. The minimum absolute atomic E-state index is 0.180. The van der Waals surface area contributed by atoms with Gasteiger partial charge >= 0.3 is 5.97 Å². The monoisotopic (exact) mass is 274 g/mol. The maximum Gasteiger partial charge on any atom is 0.330 e. The van der Waals surface area contributed by atoms with Gasteiger partial charge in [0.25, 0.3) is 0 Å². The van der Waals surface area contributed by atoms with Gasteiger partial charge in [-0.1, -0.05) is 5.57 Å². The molecule has 1 aromatic rings. The molecule has 2 fully saturated rings. The van der Waals surface area contributed by atoms with Crippen molar-refractivity contribution in [3.05, 3.63) is 29.1 Å². The Bertz CT molecular complexity index is 523. The van der Waals surface area contributed by atoms with Crippen LogP contribution < -0.4 is 0 Å². The first-order valence-corrected chi connectivity index (χ1v) is 7.53. The van der Waals surface area contributed by atoms with Crippen molar-refractivity contribution < 1.29 is 9.53 Å². The average molecular weight is 274 g/mol. The number of aromatic nitrogens is 2. The lowest BCUT2D eigenvalue weighted by molar-refractivity contribution is -0.138. The van der Waals surface area contributed by atoms with Crippen molar-refractivity contribution in [1.29, 1.82) is 0 Å². The predicted octanol–water partition coefficient (Wildman–Crippen LogP) is 2.79. The third kappa shape index (κ3) is 3.30. The first kappa shape index (κ1) is 13.4. The van der Waals surface area contributed by atoms with Gasteiger partial charge in [0.05, 0.1) is 12.2 Å². The predicted molar refractivity (Wildman–Crippen MR) is 76.2 cm³/mol. The van der Waals surface area contributed by atoms with Gasteiger partial charge in [0, 0.05) is 11.8 Å². The number of ether oxygens (including phenoxy) is 1. The maximum atomic E-state index is 11.9. The first-order chi connectivity index (χ1) is 9.63. The average Bonchev–Trinajstić information content (AvgIpc) is 3.26. The number of hydrogen-bond acceptors (Lipinski definition) is 3. The van der Waals surface area contributed by atoms with E-state index in [4.69, 9.17) is 4.74 Å². The number of allylic oxidation sites excluding steroid dienone is 1. The van der Waals surface area contributed by atoms with Crippen LogP contribution in [0.15, 0.2) is 17.7 Å². The Morgan fingerprint density at radius 3 is 2.50 bits per heavy atom. The second-order valence-corrected chi connectivity index (χ2v) is 6.01. The highest BCUT2D eigenvalue weighted by Gasteiger charge is 2.36. The number of nitrogens with zero attached hydrogens (tertiary/aromatic N) is 2. The minimum atomic E-state index is -0.180. The van der Waals surface area contributed by atoms with Crippen molar-refractivity contribution in [3.63, 3.8) is 0 Å². The van der Waals surface area contributed by atoms with Crippen molar-refractivity contribution in [2.24, 2.45) is 11.8 Å². The summed E-state index contributed by atoms with van der Waals surface area (Å²) in [4.78, 5) is 11.9. The van der Waals surface area contributed by atoms with Gasteiger partial charge in [0.2, 0.25) is 0 Å². The lowest BCUT2D eigenvalue weighted by atomic mass is 10.1. The molecule has 4 nitrogen and oxygen atoms in total. The number of carbonyl (C=O) groups excluding carboxylic acids is 1. The highest BCUT2D eigenvalue weighted by Crippen LogP contribution is 2.48. The van der Waals surface area contributed by atoms with E-state index in [1.807, 2.05) is 24.6 Å². The van der Waals surface area contributed by atoms with Crippen LogP contribution in [-0.2, 0) is 16.1 Å². The number of hydrogen-bond donors (Lipinski definition) is 0. The minimum Gasteiger partial charge on any atom is -0.461 e. The SMILES string of the molecule is Cc1cc(C)n(CCOC(=O)C=C(C2CC2)C2CC2)n1. The Morgan fingerprint density at radius 1 is 1.35 bits per heavy atom. The van der Waals surface area contributed by atoms with E-state index in [1.54, 1.807) is 6.08 Å². The van der Waals surface area contributed by atoms with E-state index < -0.39 is 0 Å². The fourth-order valence-electron chi connectivity index (χ4n) is 2.71. The van der Waals surface area contributed by atoms with Gasteiger partial charge in [0.15, 0.2) is 0 Å². The van der Waals surface area contributed by atoms with Crippen molar-refractivity contribution in [3.8, 4) is 0 Å². The van der Waals surface area contributed by atoms with Gasteiger partial charge in [-0.3, -0.25) is 4.68 Å². The third-order valence-corrected chi connectivity index (χ3v) is 4.03. The summed E-state index contributed by atoms with van der Waals surface area (Å²) < 4.78 is 7.20. The molecule has 3 rings (SSSR count). The normalized spacial score (nSPS) is 17.9. The number of aryl methyl sites for hydroxylation is 2. The zero-order valence-electron chi connectivity index (χ0n) is 12.3. The van der Waals surface area contributed by atoms with Gasteiger partial charge in [-0.05, 0) is 57.4 Å². The topological polar surface area (TPSA) is 44.1 Å². The molecule has 0 spiro atoms. The Kier molecular flexibility index (Phi) is 3.64. The molecule has 2 aliphatic rings. The largest absolute Gasteiger partial charge is 0.461 e. The summed E-state index contributed by atoms with van der Waals surface area (Å²) in [7, 11) is 0. The molecule has 0 saturated heterocycles. The molecule has 20 heavy (non-hydrogen) atoms. The lowest BCUT2D eigenvalue weighted by Gasteiger charge is -2.06. The second-order valence-electron chi connectivity index (χ2n) is 6.01. The molecule has 0 radical (unpaired) electrons. The summed E-state index contributed by atoms with van der Waals surface area (Å²) in [6.45, 7) is 5.00. The van der Waals surface area contributed by atoms with E-state index in [0.29, 0.717) is 25.0 Å². The van der Waals surface area contributed by atoms with Crippen LogP contribution in [0.25, 0.3) is 0 Å². The first-order valence-electron chi connectivity index (χ1n) is 7.53. The number of esters is 1. The molecule has 108 valence electrons. The third-order valence-electron chi connectivity index (χ3n) is 4.03. The van der Waals surface area contributed by atoms with Crippen molar-refractivity contribution in [2.45, 2.75) is 46.1 Å². The Balaban J connectivity index is 1.49. The van der Waals surface area contributed by atoms with E-state index in [-0.39, 0.29) is 5.97 Å². The van der Waals surface area contributed by atoms with E-state index >= 15 is 0 Å². The Hall–Kier alpha value is -1.58. The van der Waals surface area contributed by atoms with Gasteiger partial charge in [-0.25, -0.2) is 4.79 Å². The molecule has 1 heterocycles. The summed E-state index contributed by atoms with van der Waals surface area (Å²) >= 11 is 0. The van der Waals surface area contributed by atoms with Crippen LogP contribution in [-0.4, -0.2) is 22.4 Å².